The number of pyridine rings is 1. The van der Waals surface area contributed by atoms with Crippen LogP contribution in [0.25, 0.3) is 5.78 Å². The third-order valence-corrected chi connectivity index (χ3v) is 4.69. The molecule has 1 saturated heterocycles. The molecule has 7 nitrogen and oxygen atoms in total. The molecular weight excluding hydrogens is 314 g/mol. The molecule has 0 radical (unpaired) electrons. The zero-order valence-corrected chi connectivity index (χ0v) is 14.6. The van der Waals surface area contributed by atoms with Gasteiger partial charge in [0.25, 0.3) is 5.78 Å². The molecule has 1 aliphatic heterocycles. The lowest BCUT2D eigenvalue weighted by atomic mass is 10.1. The van der Waals surface area contributed by atoms with Crippen LogP contribution in [0.15, 0.2) is 36.8 Å². The van der Waals surface area contributed by atoms with Crippen LogP contribution in [0.3, 0.4) is 0 Å². The number of fused-ring (bicyclic) bond motifs is 1. The van der Waals surface area contributed by atoms with Gasteiger partial charge in [-0.15, -0.1) is 0 Å². The maximum absolute atomic E-state index is 4.60. The summed E-state index contributed by atoms with van der Waals surface area (Å²) in [4.78, 5) is 15.6. The molecule has 3 aromatic rings. The van der Waals surface area contributed by atoms with Crippen molar-refractivity contribution in [3.8, 4) is 0 Å². The summed E-state index contributed by atoms with van der Waals surface area (Å²) in [6, 6.07) is 8.09. The van der Waals surface area contributed by atoms with E-state index < -0.39 is 0 Å². The van der Waals surface area contributed by atoms with Crippen LogP contribution >= 0.6 is 0 Å². The minimum atomic E-state index is 0.365. The lowest BCUT2D eigenvalue weighted by Gasteiger charge is -2.20. The van der Waals surface area contributed by atoms with Crippen LogP contribution in [0.1, 0.15) is 31.9 Å². The van der Waals surface area contributed by atoms with Gasteiger partial charge in [-0.3, -0.25) is 0 Å². The van der Waals surface area contributed by atoms with Crippen LogP contribution in [0.4, 0.5) is 11.6 Å². The van der Waals surface area contributed by atoms with Gasteiger partial charge in [0.1, 0.15) is 18.0 Å². The van der Waals surface area contributed by atoms with Gasteiger partial charge in [-0.2, -0.15) is 14.6 Å². The van der Waals surface area contributed by atoms with E-state index in [0.717, 1.165) is 43.4 Å². The zero-order valence-electron chi connectivity index (χ0n) is 14.6. The number of anilines is 2. The standard InChI is InChI=1S/C18H23N7/c1-13(2)15-9-17(25-18(23-15)21-12-22-25)24-8-6-14(11-24)10-20-16-5-3-4-7-19-16/h3-5,7,9,12-14H,6,8,10-11H2,1-2H3,(H,19,20). The van der Waals surface area contributed by atoms with Crippen LogP contribution < -0.4 is 10.2 Å². The summed E-state index contributed by atoms with van der Waals surface area (Å²) in [5.41, 5.74) is 1.06. The van der Waals surface area contributed by atoms with Crippen molar-refractivity contribution < 1.29 is 0 Å². The largest absolute Gasteiger partial charge is 0.370 e. The normalized spacial score (nSPS) is 17.6. The number of nitrogens with zero attached hydrogens (tertiary/aromatic N) is 6. The maximum Gasteiger partial charge on any atom is 0.254 e. The Bertz CT molecular complexity index is 843. The SMILES string of the molecule is CC(C)c1cc(N2CCC(CNc3ccccn3)C2)n2ncnc2n1. The zero-order chi connectivity index (χ0) is 17.2. The molecule has 1 N–H and O–H groups in total. The van der Waals surface area contributed by atoms with E-state index in [2.05, 4.69) is 50.2 Å². The van der Waals surface area contributed by atoms with E-state index in [1.165, 1.54) is 0 Å². The molecule has 4 rings (SSSR count). The first-order valence-electron chi connectivity index (χ1n) is 8.81. The predicted molar refractivity (Wildman–Crippen MR) is 97.9 cm³/mol. The Balaban J connectivity index is 1.49. The molecule has 3 aromatic heterocycles. The topological polar surface area (TPSA) is 71.2 Å². The van der Waals surface area contributed by atoms with Crippen molar-refractivity contribution in [2.24, 2.45) is 5.92 Å². The summed E-state index contributed by atoms with van der Waals surface area (Å²) >= 11 is 0. The second-order valence-electron chi connectivity index (χ2n) is 6.86. The van der Waals surface area contributed by atoms with Crippen molar-refractivity contribution >= 4 is 17.4 Å². The number of hydrogen-bond donors (Lipinski definition) is 1. The van der Waals surface area contributed by atoms with Gasteiger partial charge < -0.3 is 10.2 Å². The lowest BCUT2D eigenvalue weighted by Crippen LogP contribution is -2.25. The molecule has 0 bridgehead atoms. The molecule has 0 saturated carbocycles. The predicted octanol–water partition coefficient (Wildman–Crippen LogP) is 2.58. The second kappa shape index (κ2) is 6.66. The summed E-state index contributed by atoms with van der Waals surface area (Å²) in [6.45, 7) is 7.25. The van der Waals surface area contributed by atoms with E-state index in [0.29, 0.717) is 17.6 Å². The van der Waals surface area contributed by atoms with Crippen LogP contribution in [0.2, 0.25) is 0 Å². The Morgan fingerprint density at radius 2 is 2.20 bits per heavy atom. The quantitative estimate of drug-likeness (QED) is 0.771. The average Bonchev–Trinajstić information content (AvgIpc) is 3.29. The molecule has 4 heterocycles. The molecule has 1 unspecified atom stereocenters. The summed E-state index contributed by atoms with van der Waals surface area (Å²) in [5.74, 6) is 3.65. The molecule has 7 heteroatoms. The highest BCUT2D eigenvalue weighted by Gasteiger charge is 2.25. The molecule has 0 aliphatic carbocycles. The molecule has 0 amide bonds. The highest BCUT2D eigenvalue weighted by Crippen LogP contribution is 2.26. The van der Waals surface area contributed by atoms with Crippen molar-refractivity contribution in [3.05, 3.63) is 42.5 Å². The third-order valence-electron chi connectivity index (χ3n) is 4.69. The molecule has 0 spiro atoms. The highest BCUT2D eigenvalue weighted by atomic mass is 15.4. The summed E-state index contributed by atoms with van der Waals surface area (Å²) in [5, 5.41) is 7.79. The first-order valence-corrected chi connectivity index (χ1v) is 8.81. The average molecular weight is 337 g/mol. The van der Waals surface area contributed by atoms with Gasteiger partial charge in [0.2, 0.25) is 0 Å². The maximum atomic E-state index is 4.60. The first-order chi connectivity index (χ1) is 12.2. The lowest BCUT2D eigenvalue weighted by molar-refractivity contribution is 0.620. The van der Waals surface area contributed by atoms with Gasteiger partial charge >= 0.3 is 0 Å². The van der Waals surface area contributed by atoms with Crippen LogP contribution in [0.5, 0.6) is 0 Å². The monoisotopic (exact) mass is 337 g/mol. The van der Waals surface area contributed by atoms with Crippen LogP contribution in [-0.2, 0) is 0 Å². The van der Waals surface area contributed by atoms with Gasteiger partial charge in [0, 0.05) is 31.9 Å². The van der Waals surface area contributed by atoms with Crippen molar-refractivity contribution in [2.45, 2.75) is 26.2 Å². The molecule has 25 heavy (non-hydrogen) atoms. The van der Waals surface area contributed by atoms with Crippen molar-refractivity contribution in [1.82, 2.24) is 24.6 Å². The van der Waals surface area contributed by atoms with Gasteiger partial charge in [-0.05, 0) is 30.4 Å². The Kier molecular flexibility index (Phi) is 4.21. The van der Waals surface area contributed by atoms with Crippen molar-refractivity contribution in [2.75, 3.05) is 29.9 Å². The van der Waals surface area contributed by atoms with E-state index in [1.54, 1.807) is 6.33 Å². The summed E-state index contributed by atoms with van der Waals surface area (Å²) < 4.78 is 1.85. The number of hydrogen-bond acceptors (Lipinski definition) is 6. The Labute approximate surface area is 147 Å². The Morgan fingerprint density at radius 1 is 1.28 bits per heavy atom. The fourth-order valence-corrected chi connectivity index (χ4v) is 3.26. The van der Waals surface area contributed by atoms with E-state index in [-0.39, 0.29) is 0 Å². The van der Waals surface area contributed by atoms with Crippen LogP contribution in [0, 0.1) is 5.92 Å². The molecular formula is C18H23N7. The smallest absolute Gasteiger partial charge is 0.254 e. The van der Waals surface area contributed by atoms with Gasteiger partial charge in [-0.1, -0.05) is 19.9 Å². The fraction of sp³-hybridized carbons (Fsp3) is 0.444. The molecule has 1 aliphatic rings. The Hall–Kier alpha value is -2.70. The van der Waals surface area contributed by atoms with Crippen molar-refractivity contribution in [1.29, 1.82) is 0 Å². The third kappa shape index (κ3) is 3.26. The van der Waals surface area contributed by atoms with Gasteiger partial charge in [-0.25, -0.2) is 9.97 Å². The van der Waals surface area contributed by atoms with Gasteiger partial charge in [0.05, 0.1) is 5.69 Å². The molecule has 130 valence electrons. The minimum Gasteiger partial charge on any atom is -0.370 e. The van der Waals surface area contributed by atoms with E-state index >= 15 is 0 Å². The highest BCUT2D eigenvalue weighted by molar-refractivity contribution is 5.49. The van der Waals surface area contributed by atoms with E-state index in [4.69, 9.17) is 0 Å². The second-order valence-corrected chi connectivity index (χ2v) is 6.86. The van der Waals surface area contributed by atoms with E-state index in [9.17, 15) is 0 Å². The summed E-state index contributed by atoms with van der Waals surface area (Å²) in [6.07, 6.45) is 4.54. The number of aromatic nitrogens is 5. The molecule has 1 atom stereocenters. The van der Waals surface area contributed by atoms with Crippen LogP contribution in [-0.4, -0.2) is 44.2 Å². The molecule has 1 fully saturated rings. The van der Waals surface area contributed by atoms with Crippen molar-refractivity contribution in [3.63, 3.8) is 0 Å². The number of nitrogens with one attached hydrogen (secondary N) is 1. The van der Waals surface area contributed by atoms with E-state index in [1.807, 2.05) is 28.9 Å². The Morgan fingerprint density at radius 3 is 3.00 bits per heavy atom. The summed E-state index contributed by atoms with van der Waals surface area (Å²) in [7, 11) is 0. The minimum absolute atomic E-state index is 0.365. The first kappa shape index (κ1) is 15.8. The van der Waals surface area contributed by atoms with Gasteiger partial charge in [0.15, 0.2) is 0 Å². The fourth-order valence-electron chi connectivity index (χ4n) is 3.26. The molecule has 0 aromatic carbocycles. The number of rotatable bonds is 5.